The summed E-state index contributed by atoms with van der Waals surface area (Å²) in [6.07, 6.45) is 1.19. The molecule has 0 saturated carbocycles. The number of aromatic nitrogens is 2. The molecule has 1 amide bonds. The number of ether oxygens (including phenoxy) is 1. The zero-order valence-corrected chi connectivity index (χ0v) is 15.3. The second kappa shape index (κ2) is 7.91. The van der Waals surface area contributed by atoms with Gasteiger partial charge in [-0.3, -0.25) is 4.79 Å². The summed E-state index contributed by atoms with van der Waals surface area (Å²) in [5.41, 5.74) is 2.67. The van der Waals surface area contributed by atoms with Gasteiger partial charge < -0.3 is 15.2 Å². The first-order valence-electron chi connectivity index (χ1n) is 8.43. The molecule has 0 spiro atoms. The quantitative estimate of drug-likeness (QED) is 0.660. The van der Waals surface area contributed by atoms with Crippen LogP contribution in [0.25, 0.3) is 5.69 Å². The number of aromatic hydroxyl groups is 1. The maximum Gasteiger partial charge on any atom is 0.363 e. The fraction of sp³-hybridized carbons (Fsp3) is 0.150. The molecule has 0 aliphatic heterocycles. The van der Waals surface area contributed by atoms with Crippen molar-refractivity contribution in [1.29, 1.82) is 0 Å². The van der Waals surface area contributed by atoms with Crippen molar-refractivity contribution in [2.45, 2.75) is 13.8 Å². The van der Waals surface area contributed by atoms with Crippen molar-refractivity contribution in [3.63, 3.8) is 0 Å². The number of carbonyl (C=O) groups excluding carboxylic acids is 2. The number of halogens is 1. The highest BCUT2D eigenvalue weighted by Gasteiger charge is 2.20. The molecule has 144 valence electrons. The number of benzene rings is 2. The van der Waals surface area contributed by atoms with Crippen molar-refractivity contribution in [1.82, 2.24) is 9.78 Å². The van der Waals surface area contributed by atoms with Crippen molar-refractivity contribution in [3.8, 4) is 11.4 Å². The molecule has 0 fully saturated rings. The molecule has 8 heteroatoms. The first-order chi connectivity index (χ1) is 13.3. The highest BCUT2D eigenvalue weighted by molar-refractivity contribution is 5.96. The number of hydrogen-bond donors (Lipinski definition) is 2. The van der Waals surface area contributed by atoms with Crippen LogP contribution in [-0.4, -0.2) is 33.4 Å². The number of nitrogens with one attached hydrogen (secondary N) is 1. The van der Waals surface area contributed by atoms with Gasteiger partial charge >= 0.3 is 5.97 Å². The molecule has 3 aromatic rings. The van der Waals surface area contributed by atoms with Crippen LogP contribution in [0, 0.1) is 19.7 Å². The fourth-order valence-corrected chi connectivity index (χ4v) is 2.51. The average molecular weight is 383 g/mol. The van der Waals surface area contributed by atoms with Gasteiger partial charge in [-0.2, -0.15) is 5.10 Å². The largest absolute Gasteiger partial charge is 0.504 e. The smallest absolute Gasteiger partial charge is 0.363 e. The van der Waals surface area contributed by atoms with E-state index in [9.17, 15) is 19.1 Å². The van der Waals surface area contributed by atoms with Crippen molar-refractivity contribution in [3.05, 3.63) is 71.3 Å². The third-order valence-electron chi connectivity index (χ3n) is 4.19. The molecule has 7 nitrogen and oxygen atoms in total. The molecule has 3 rings (SSSR count). The van der Waals surface area contributed by atoms with Crippen LogP contribution in [0.15, 0.2) is 48.7 Å². The minimum Gasteiger partial charge on any atom is -0.504 e. The van der Waals surface area contributed by atoms with E-state index in [2.05, 4.69) is 10.4 Å². The van der Waals surface area contributed by atoms with Gasteiger partial charge in [0.25, 0.3) is 5.91 Å². The Kier molecular flexibility index (Phi) is 5.39. The van der Waals surface area contributed by atoms with Crippen LogP contribution in [0.1, 0.15) is 21.6 Å². The van der Waals surface area contributed by atoms with Crippen molar-refractivity contribution >= 4 is 17.6 Å². The number of anilines is 1. The molecular formula is C20H18FN3O4. The van der Waals surface area contributed by atoms with Crippen molar-refractivity contribution in [2.24, 2.45) is 0 Å². The minimum absolute atomic E-state index is 0.344. The summed E-state index contributed by atoms with van der Waals surface area (Å²) in [6, 6.07) is 10.8. The number of rotatable bonds is 5. The van der Waals surface area contributed by atoms with Gasteiger partial charge in [0.1, 0.15) is 5.82 Å². The molecule has 0 saturated heterocycles. The number of carbonyl (C=O) groups is 2. The van der Waals surface area contributed by atoms with Crippen LogP contribution in [0.3, 0.4) is 0 Å². The van der Waals surface area contributed by atoms with E-state index in [0.29, 0.717) is 11.4 Å². The van der Waals surface area contributed by atoms with E-state index in [4.69, 9.17) is 4.74 Å². The van der Waals surface area contributed by atoms with Gasteiger partial charge in [0.2, 0.25) is 5.69 Å². The van der Waals surface area contributed by atoms with Gasteiger partial charge in [-0.05, 0) is 55.3 Å². The van der Waals surface area contributed by atoms with Crippen LogP contribution >= 0.6 is 0 Å². The standard InChI is InChI=1S/C20H18FN3O4/c1-12-4-3-5-16(13(12)2)22-18(26)11-28-20(27)19-17(25)10-24(23-19)15-8-6-14(21)7-9-15/h3-10,25H,11H2,1-2H3,(H,22,26). The van der Waals surface area contributed by atoms with Crippen LogP contribution < -0.4 is 5.32 Å². The van der Waals surface area contributed by atoms with Crippen molar-refractivity contribution in [2.75, 3.05) is 11.9 Å². The van der Waals surface area contributed by atoms with E-state index in [1.54, 1.807) is 6.07 Å². The summed E-state index contributed by atoms with van der Waals surface area (Å²) in [5, 5.41) is 16.5. The normalized spacial score (nSPS) is 10.5. The topological polar surface area (TPSA) is 93.5 Å². The molecule has 2 N–H and O–H groups in total. The number of hydrogen-bond acceptors (Lipinski definition) is 5. The maximum atomic E-state index is 13.0. The zero-order valence-electron chi connectivity index (χ0n) is 15.3. The van der Waals surface area contributed by atoms with Crippen molar-refractivity contribution < 1.29 is 23.8 Å². The lowest BCUT2D eigenvalue weighted by atomic mass is 10.1. The minimum atomic E-state index is -0.950. The molecule has 0 radical (unpaired) electrons. The number of esters is 1. The zero-order chi connectivity index (χ0) is 20.3. The lowest BCUT2D eigenvalue weighted by molar-refractivity contribution is -0.119. The third kappa shape index (κ3) is 4.17. The van der Waals surface area contributed by atoms with Gasteiger partial charge in [-0.25, -0.2) is 13.9 Å². The molecule has 0 unspecified atom stereocenters. The van der Waals surface area contributed by atoms with E-state index in [1.807, 2.05) is 26.0 Å². The Labute approximate surface area is 160 Å². The molecule has 1 aromatic heterocycles. The Morgan fingerprint density at radius 3 is 2.61 bits per heavy atom. The predicted molar refractivity (Wildman–Crippen MR) is 100 cm³/mol. The SMILES string of the molecule is Cc1cccc(NC(=O)COC(=O)c2nn(-c3ccc(F)cc3)cc2O)c1C. The Morgan fingerprint density at radius 2 is 1.89 bits per heavy atom. The van der Waals surface area contributed by atoms with Crippen LogP contribution in [0.5, 0.6) is 5.75 Å². The second-order valence-electron chi connectivity index (χ2n) is 6.16. The molecular weight excluding hydrogens is 365 g/mol. The number of amides is 1. The molecule has 1 heterocycles. The molecule has 2 aromatic carbocycles. The summed E-state index contributed by atoms with van der Waals surface area (Å²) < 4.78 is 19.1. The summed E-state index contributed by atoms with van der Waals surface area (Å²) in [4.78, 5) is 24.2. The van der Waals surface area contributed by atoms with Gasteiger partial charge in [0.15, 0.2) is 12.4 Å². The number of aryl methyl sites for hydroxylation is 1. The molecule has 28 heavy (non-hydrogen) atoms. The Hall–Kier alpha value is -3.68. The second-order valence-corrected chi connectivity index (χ2v) is 6.16. The van der Waals surface area contributed by atoms with E-state index in [1.165, 1.54) is 35.1 Å². The Morgan fingerprint density at radius 1 is 1.18 bits per heavy atom. The Balaban J connectivity index is 1.64. The Bertz CT molecular complexity index is 1030. The summed E-state index contributed by atoms with van der Waals surface area (Å²) in [7, 11) is 0. The van der Waals surface area contributed by atoms with Gasteiger partial charge in [-0.1, -0.05) is 12.1 Å². The molecule has 0 atom stereocenters. The lowest BCUT2D eigenvalue weighted by Gasteiger charge is -2.10. The molecule has 0 aliphatic carbocycles. The van der Waals surface area contributed by atoms with Crippen LogP contribution in [0.4, 0.5) is 10.1 Å². The molecule has 0 bridgehead atoms. The fourth-order valence-electron chi connectivity index (χ4n) is 2.51. The van der Waals surface area contributed by atoms with E-state index >= 15 is 0 Å². The highest BCUT2D eigenvalue weighted by Crippen LogP contribution is 2.20. The van der Waals surface area contributed by atoms with E-state index in [0.717, 1.165) is 11.1 Å². The van der Waals surface area contributed by atoms with Gasteiger partial charge in [-0.15, -0.1) is 0 Å². The maximum absolute atomic E-state index is 13.0. The van der Waals surface area contributed by atoms with Gasteiger partial charge in [0, 0.05) is 5.69 Å². The number of nitrogens with zero attached hydrogens (tertiary/aromatic N) is 2. The lowest BCUT2D eigenvalue weighted by Crippen LogP contribution is -2.21. The first kappa shape index (κ1) is 19.1. The van der Waals surface area contributed by atoms with Crippen LogP contribution in [0.2, 0.25) is 0 Å². The summed E-state index contributed by atoms with van der Waals surface area (Å²) in [6.45, 7) is 3.26. The third-order valence-corrected chi connectivity index (χ3v) is 4.19. The van der Waals surface area contributed by atoms with E-state index < -0.39 is 30.1 Å². The van der Waals surface area contributed by atoms with E-state index in [-0.39, 0.29) is 5.69 Å². The summed E-state index contributed by atoms with van der Waals surface area (Å²) in [5.74, 6) is -2.30. The van der Waals surface area contributed by atoms with Gasteiger partial charge in [0.05, 0.1) is 11.9 Å². The summed E-state index contributed by atoms with van der Waals surface area (Å²) >= 11 is 0. The highest BCUT2D eigenvalue weighted by atomic mass is 19.1. The van der Waals surface area contributed by atoms with Crippen LogP contribution in [-0.2, 0) is 9.53 Å². The average Bonchev–Trinajstić information content (AvgIpc) is 3.06. The predicted octanol–water partition coefficient (Wildman–Crippen LogP) is 3.13. The molecule has 0 aliphatic rings. The monoisotopic (exact) mass is 383 g/mol. The first-order valence-corrected chi connectivity index (χ1v) is 8.43.